The van der Waals surface area contributed by atoms with Crippen LogP contribution in [-0.2, 0) is 9.53 Å². The molecular formula is C16H15ClN4O4. The lowest BCUT2D eigenvalue weighted by atomic mass is 10.2. The van der Waals surface area contributed by atoms with E-state index >= 15 is 0 Å². The number of hydrogen-bond donors (Lipinski definition) is 3. The standard InChI is InChI=1S/C16H15ClN4O4/c1-9(14(22)21-13-7-4-11(17)8-19-13)25-15(23)10-2-5-12(6-3-10)20-16(18)24/h2-9H,1H3,(H3,18,20,24)(H,19,21,22). The summed E-state index contributed by atoms with van der Waals surface area (Å²) in [6.07, 6.45) is 0.351. The molecule has 9 heteroatoms. The Morgan fingerprint density at radius 2 is 1.80 bits per heavy atom. The molecule has 8 nitrogen and oxygen atoms in total. The zero-order chi connectivity index (χ0) is 18.4. The van der Waals surface area contributed by atoms with Gasteiger partial charge in [0, 0.05) is 11.9 Å². The van der Waals surface area contributed by atoms with Gasteiger partial charge in [-0.3, -0.25) is 4.79 Å². The number of aromatic nitrogens is 1. The van der Waals surface area contributed by atoms with Crippen LogP contribution in [0.15, 0.2) is 42.6 Å². The first-order chi connectivity index (χ1) is 11.8. The van der Waals surface area contributed by atoms with Gasteiger partial charge in [-0.1, -0.05) is 11.6 Å². The highest BCUT2D eigenvalue weighted by Crippen LogP contribution is 2.13. The second kappa shape index (κ2) is 8.11. The summed E-state index contributed by atoms with van der Waals surface area (Å²) in [5, 5.41) is 5.31. The van der Waals surface area contributed by atoms with Gasteiger partial charge < -0.3 is 21.1 Å². The Morgan fingerprint density at radius 1 is 1.12 bits per heavy atom. The molecule has 0 aliphatic rings. The number of ether oxygens (including phenoxy) is 1. The van der Waals surface area contributed by atoms with Gasteiger partial charge in [-0.2, -0.15) is 0 Å². The molecule has 0 radical (unpaired) electrons. The van der Waals surface area contributed by atoms with Gasteiger partial charge in [0.05, 0.1) is 10.6 Å². The van der Waals surface area contributed by atoms with Crippen LogP contribution in [0.25, 0.3) is 0 Å². The van der Waals surface area contributed by atoms with Crippen molar-refractivity contribution < 1.29 is 19.1 Å². The van der Waals surface area contributed by atoms with Crippen LogP contribution in [0.4, 0.5) is 16.3 Å². The van der Waals surface area contributed by atoms with E-state index in [1.165, 1.54) is 43.5 Å². The minimum atomic E-state index is -1.03. The SMILES string of the molecule is CC(OC(=O)c1ccc(NC(N)=O)cc1)C(=O)Nc1ccc(Cl)cn1. The van der Waals surface area contributed by atoms with Gasteiger partial charge in [0.15, 0.2) is 6.10 Å². The Labute approximate surface area is 148 Å². The summed E-state index contributed by atoms with van der Waals surface area (Å²) in [6.45, 7) is 1.44. The number of anilines is 2. The molecular weight excluding hydrogens is 348 g/mol. The Bertz CT molecular complexity index is 778. The Kier molecular flexibility index (Phi) is 5.91. The third-order valence-electron chi connectivity index (χ3n) is 3.02. The van der Waals surface area contributed by atoms with E-state index in [1.807, 2.05) is 0 Å². The summed E-state index contributed by atoms with van der Waals surface area (Å²) in [5.41, 5.74) is 5.65. The van der Waals surface area contributed by atoms with Crippen LogP contribution >= 0.6 is 11.6 Å². The fourth-order valence-corrected chi connectivity index (χ4v) is 1.90. The summed E-state index contributed by atoms with van der Waals surface area (Å²) in [7, 11) is 0. The van der Waals surface area contributed by atoms with E-state index in [9.17, 15) is 14.4 Å². The second-order valence-corrected chi connectivity index (χ2v) is 5.40. The third-order valence-corrected chi connectivity index (χ3v) is 3.24. The first-order valence-corrected chi connectivity index (χ1v) is 7.53. The number of hydrogen-bond acceptors (Lipinski definition) is 5. The molecule has 1 aromatic heterocycles. The maximum Gasteiger partial charge on any atom is 0.338 e. The molecule has 0 saturated carbocycles. The molecule has 4 N–H and O–H groups in total. The summed E-state index contributed by atoms with van der Waals surface area (Å²) in [6, 6.07) is 8.25. The van der Waals surface area contributed by atoms with Crippen LogP contribution in [0.2, 0.25) is 5.02 Å². The number of benzene rings is 1. The highest BCUT2D eigenvalue weighted by molar-refractivity contribution is 6.30. The molecule has 2 aromatic rings. The van der Waals surface area contributed by atoms with E-state index in [2.05, 4.69) is 15.6 Å². The van der Waals surface area contributed by atoms with E-state index in [0.29, 0.717) is 16.5 Å². The van der Waals surface area contributed by atoms with Gasteiger partial charge in [0.2, 0.25) is 0 Å². The van der Waals surface area contributed by atoms with E-state index in [1.54, 1.807) is 6.07 Å². The van der Waals surface area contributed by atoms with Crippen LogP contribution in [0.1, 0.15) is 17.3 Å². The third kappa shape index (κ3) is 5.47. The van der Waals surface area contributed by atoms with Gasteiger partial charge in [0.25, 0.3) is 5.91 Å². The minimum absolute atomic E-state index is 0.222. The Balaban J connectivity index is 1.93. The molecule has 0 aliphatic carbocycles. The second-order valence-electron chi connectivity index (χ2n) is 4.97. The molecule has 0 bridgehead atoms. The first kappa shape index (κ1) is 18.2. The smallest absolute Gasteiger partial charge is 0.338 e. The van der Waals surface area contributed by atoms with Crippen LogP contribution in [-0.4, -0.2) is 29.0 Å². The molecule has 0 fully saturated rings. The summed E-state index contributed by atoms with van der Waals surface area (Å²) in [4.78, 5) is 38.7. The Hall–Kier alpha value is -3.13. The number of urea groups is 1. The van der Waals surface area contributed by atoms with Crippen molar-refractivity contribution in [1.82, 2.24) is 4.98 Å². The lowest BCUT2D eigenvalue weighted by Crippen LogP contribution is -2.30. The average molecular weight is 363 g/mol. The van der Waals surface area contributed by atoms with Crippen molar-refractivity contribution in [1.29, 1.82) is 0 Å². The highest BCUT2D eigenvalue weighted by atomic mass is 35.5. The monoisotopic (exact) mass is 362 g/mol. The quantitative estimate of drug-likeness (QED) is 0.704. The molecule has 1 unspecified atom stereocenters. The number of carbonyl (C=O) groups excluding carboxylic acids is 3. The molecule has 0 spiro atoms. The van der Waals surface area contributed by atoms with Gasteiger partial charge in [-0.15, -0.1) is 0 Å². The number of rotatable bonds is 5. The molecule has 0 aliphatic heterocycles. The molecule has 130 valence electrons. The van der Waals surface area contributed by atoms with Gasteiger partial charge in [-0.25, -0.2) is 14.6 Å². The predicted octanol–water partition coefficient (Wildman–Crippen LogP) is 2.41. The number of nitrogens with two attached hydrogens (primary N) is 1. The van der Waals surface area contributed by atoms with Crippen molar-refractivity contribution in [2.45, 2.75) is 13.0 Å². The van der Waals surface area contributed by atoms with Gasteiger partial charge in [-0.05, 0) is 43.3 Å². The largest absolute Gasteiger partial charge is 0.449 e. The van der Waals surface area contributed by atoms with Crippen LogP contribution in [0, 0.1) is 0 Å². The number of primary amides is 1. The Morgan fingerprint density at radius 3 is 2.36 bits per heavy atom. The fourth-order valence-electron chi connectivity index (χ4n) is 1.79. The van der Waals surface area contributed by atoms with E-state index < -0.39 is 24.0 Å². The normalized spacial score (nSPS) is 11.3. The molecule has 1 atom stereocenters. The number of amides is 3. The topological polar surface area (TPSA) is 123 Å². The van der Waals surface area contributed by atoms with E-state index in [0.717, 1.165) is 0 Å². The average Bonchev–Trinajstić information content (AvgIpc) is 2.57. The fraction of sp³-hybridized carbons (Fsp3) is 0.125. The lowest BCUT2D eigenvalue weighted by Gasteiger charge is -2.13. The van der Waals surface area contributed by atoms with Crippen molar-refractivity contribution in [3.63, 3.8) is 0 Å². The van der Waals surface area contributed by atoms with Crippen molar-refractivity contribution in [3.05, 3.63) is 53.2 Å². The highest BCUT2D eigenvalue weighted by Gasteiger charge is 2.19. The summed E-state index contributed by atoms with van der Waals surface area (Å²) < 4.78 is 5.10. The van der Waals surface area contributed by atoms with Crippen molar-refractivity contribution >= 4 is 41.0 Å². The van der Waals surface area contributed by atoms with Crippen LogP contribution in [0.5, 0.6) is 0 Å². The summed E-state index contributed by atoms with van der Waals surface area (Å²) in [5.74, 6) is -0.924. The number of halogens is 1. The van der Waals surface area contributed by atoms with E-state index in [-0.39, 0.29) is 5.56 Å². The number of pyridine rings is 1. The van der Waals surface area contributed by atoms with E-state index in [4.69, 9.17) is 22.1 Å². The van der Waals surface area contributed by atoms with Crippen molar-refractivity contribution in [3.8, 4) is 0 Å². The van der Waals surface area contributed by atoms with Gasteiger partial charge in [0.1, 0.15) is 5.82 Å². The summed E-state index contributed by atoms with van der Waals surface area (Å²) >= 11 is 5.71. The van der Waals surface area contributed by atoms with Crippen molar-refractivity contribution in [2.24, 2.45) is 5.73 Å². The molecule has 3 amide bonds. The van der Waals surface area contributed by atoms with Crippen LogP contribution < -0.4 is 16.4 Å². The number of nitrogens with zero attached hydrogens (tertiary/aromatic N) is 1. The maximum absolute atomic E-state index is 12.0. The maximum atomic E-state index is 12.0. The zero-order valence-electron chi connectivity index (χ0n) is 13.2. The molecule has 25 heavy (non-hydrogen) atoms. The minimum Gasteiger partial charge on any atom is -0.449 e. The molecule has 1 heterocycles. The van der Waals surface area contributed by atoms with Crippen molar-refractivity contribution in [2.75, 3.05) is 10.6 Å². The number of nitrogens with one attached hydrogen (secondary N) is 2. The predicted molar refractivity (Wildman–Crippen MR) is 92.4 cm³/mol. The molecule has 0 saturated heterocycles. The first-order valence-electron chi connectivity index (χ1n) is 7.15. The van der Waals surface area contributed by atoms with Crippen LogP contribution in [0.3, 0.4) is 0 Å². The lowest BCUT2D eigenvalue weighted by molar-refractivity contribution is -0.123. The number of carbonyl (C=O) groups is 3. The molecule has 2 rings (SSSR count). The molecule has 1 aromatic carbocycles. The zero-order valence-corrected chi connectivity index (χ0v) is 13.9. The number of esters is 1. The van der Waals surface area contributed by atoms with Gasteiger partial charge >= 0.3 is 12.0 Å².